The maximum absolute atomic E-state index is 6.37. The molecule has 0 N–H and O–H groups in total. The third kappa shape index (κ3) is 4.93. The molecule has 0 aliphatic carbocycles. The first-order chi connectivity index (χ1) is 23.3. The van der Waals surface area contributed by atoms with Crippen LogP contribution < -0.4 is 0 Å². The molecular formula is C43H27N3O. The number of oxazole rings is 1. The van der Waals surface area contributed by atoms with Gasteiger partial charge in [-0.1, -0.05) is 72.8 Å². The predicted octanol–water partition coefficient (Wildman–Crippen LogP) is 11.3. The standard InChI is InChI=1S/C43H27N3O/c1-3-13-38-28(9-1)19-29-10-2-4-14-39(29)42(38)36-23-35(24-37(25-36)43-46-40-15-5-6-16-41(40)47-43)34-21-32(30-11-7-17-44-26-30)20-33(22-34)31-12-8-18-45-27-31/h1-27H. The summed E-state index contributed by atoms with van der Waals surface area (Å²) in [4.78, 5) is 13.8. The summed E-state index contributed by atoms with van der Waals surface area (Å²) < 4.78 is 6.37. The smallest absolute Gasteiger partial charge is 0.227 e. The van der Waals surface area contributed by atoms with E-state index in [2.05, 4.69) is 113 Å². The molecule has 0 amide bonds. The molecule has 0 aliphatic heterocycles. The van der Waals surface area contributed by atoms with Gasteiger partial charge in [0.25, 0.3) is 0 Å². The predicted molar refractivity (Wildman–Crippen MR) is 192 cm³/mol. The van der Waals surface area contributed by atoms with Gasteiger partial charge in [-0.3, -0.25) is 9.97 Å². The lowest BCUT2D eigenvalue weighted by Crippen LogP contribution is -1.91. The Morgan fingerprint density at radius 2 is 0.915 bits per heavy atom. The third-order valence-corrected chi connectivity index (χ3v) is 8.79. The molecule has 0 aliphatic rings. The Morgan fingerprint density at radius 3 is 1.51 bits per heavy atom. The summed E-state index contributed by atoms with van der Waals surface area (Å²) in [5, 5.41) is 4.80. The molecule has 4 nitrogen and oxygen atoms in total. The Bertz CT molecular complexity index is 2430. The molecule has 6 aromatic carbocycles. The minimum atomic E-state index is 0.592. The Balaban J connectivity index is 1.35. The molecule has 220 valence electrons. The molecule has 0 saturated heterocycles. The molecule has 0 spiro atoms. The van der Waals surface area contributed by atoms with Gasteiger partial charge in [-0.25, -0.2) is 4.98 Å². The fraction of sp³-hybridized carbons (Fsp3) is 0. The van der Waals surface area contributed by atoms with E-state index in [1.54, 1.807) is 12.4 Å². The van der Waals surface area contributed by atoms with Crippen molar-refractivity contribution in [3.8, 4) is 56.0 Å². The molecule has 9 aromatic rings. The number of pyridine rings is 2. The highest BCUT2D eigenvalue weighted by molar-refractivity contribution is 6.13. The molecular weight excluding hydrogens is 574 g/mol. The van der Waals surface area contributed by atoms with Crippen molar-refractivity contribution >= 4 is 32.6 Å². The van der Waals surface area contributed by atoms with Gasteiger partial charge >= 0.3 is 0 Å². The number of benzene rings is 6. The quantitative estimate of drug-likeness (QED) is 0.184. The van der Waals surface area contributed by atoms with Crippen molar-refractivity contribution < 1.29 is 4.42 Å². The summed E-state index contributed by atoms with van der Waals surface area (Å²) in [5.41, 5.74) is 11.2. The van der Waals surface area contributed by atoms with Crippen molar-refractivity contribution in [2.75, 3.05) is 0 Å². The lowest BCUT2D eigenvalue weighted by molar-refractivity contribution is 0.620. The van der Waals surface area contributed by atoms with Crippen LogP contribution in [0.2, 0.25) is 0 Å². The van der Waals surface area contributed by atoms with Crippen LogP contribution in [0.15, 0.2) is 169 Å². The van der Waals surface area contributed by atoms with Gasteiger partial charge in [-0.05, 0) is 122 Å². The van der Waals surface area contributed by atoms with Crippen LogP contribution in [0.1, 0.15) is 0 Å². The normalized spacial score (nSPS) is 11.4. The molecule has 4 heteroatoms. The lowest BCUT2D eigenvalue weighted by atomic mass is 9.88. The second-order valence-corrected chi connectivity index (χ2v) is 11.8. The molecule has 0 fully saturated rings. The van der Waals surface area contributed by atoms with E-state index < -0.39 is 0 Å². The second kappa shape index (κ2) is 11.2. The van der Waals surface area contributed by atoms with Crippen molar-refractivity contribution in [2.24, 2.45) is 0 Å². The topological polar surface area (TPSA) is 51.8 Å². The summed E-state index contributed by atoms with van der Waals surface area (Å²) in [6, 6.07) is 49.0. The number of hydrogen-bond donors (Lipinski definition) is 0. The van der Waals surface area contributed by atoms with Crippen molar-refractivity contribution in [1.82, 2.24) is 15.0 Å². The number of hydrogen-bond acceptors (Lipinski definition) is 4. The molecule has 3 heterocycles. The second-order valence-electron chi connectivity index (χ2n) is 11.8. The Labute approximate surface area is 271 Å². The first-order valence-electron chi connectivity index (χ1n) is 15.6. The maximum atomic E-state index is 6.37. The van der Waals surface area contributed by atoms with Crippen molar-refractivity contribution in [1.29, 1.82) is 0 Å². The minimum absolute atomic E-state index is 0.592. The van der Waals surface area contributed by atoms with E-state index >= 15 is 0 Å². The molecule has 0 unspecified atom stereocenters. The molecule has 0 saturated carbocycles. The fourth-order valence-electron chi connectivity index (χ4n) is 6.58. The lowest BCUT2D eigenvalue weighted by Gasteiger charge is -2.16. The van der Waals surface area contributed by atoms with Crippen molar-refractivity contribution in [3.63, 3.8) is 0 Å². The average Bonchev–Trinajstić information content (AvgIpc) is 3.59. The maximum Gasteiger partial charge on any atom is 0.227 e. The summed E-state index contributed by atoms with van der Waals surface area (Å²) in [6.45, 7) is 0. The van der Waals surface area contributed by atoms with Gasteiger partial charge < -0.3 is 4.42 Å². The highest BCUT2D eigenvalue weighted by atomic mass is 16.3. The Kier molecular flexibility index (Phi) is 6.43. The first-order valence-corrected chi connectivity index (χ1v) is 15.6. The van der Waals surface area contributed by atoms with Gasteiger partial charge in [0.1, 0.15) is 5.52 Å². The van der Waals surface area contributed by atoms with Gasteiger partial charge in [0.2, 0.25) is 5.89 Å². The van der Waals surface area contributed by atoms with E-state index in [9.17, 15) is 0 Å². The summed E-state index contributed by atoms with van der Waals surface area (Å²) in [7, 11) is 0. The summed E-state index contributed by atoms with van der Waals surface area (Å²) in [5.74, 6) is 0.592. The van der Waals surface area contributed by atoms with Gasteiger partial charge in [-0.2, -0.15) is 0 Å². The van der Waals surface area contributed by atoms with Crippen LogP contribution in [0.25, 0.3) is 88.6 Å². The number of nitrogens with zero attached hydrogens (tertiary/aromatic N) is 3. The van der Waals surface area contributed by atoms with Gasteiger partial charge in [0, 0.05) is 41.5 Å². The van der Waals surface area contributed by atoms with Crippen LogP contribution >= 0.6 is 0 Å². The zero-order valence-electron chi connectivity index (χ0n) is 25.3. The van der Waals surface area contributed by atoms with Crippen LogP contribution in [0.3, 0.4) is 0 Å². The largest absolute Gasteiger partial charge is 0.436 e. The van der Waals surface area contributed by atoms with Gasteiger partial charge in [0.05, 0.1) is 0 Å². The van der Waals surface area contributed by atoms with Crippen LogP contribution in [0.4, 0.5) is 0 Å². The molecule has 0 atom stereocenters. The first kappa shape index (κ1) is 27.0. The number of rotatable bonds is 5. The fourth-order valence-corrected chi connectivity index (χ4v) is 6.58. The van der Waals surface area contributed by atoms with Crippen molar-refractivity contribution in [2.45, 2.75) is 0 Å². The van der Waals surface area contributed by atoms with Crippen LogP contribution in [0.5, 0.6) is 0 Å². The zero-order valence-corrected chi connectivity index (χ0v) is 25.3. The molecule has 3 aromatic heterocycles. The molecule has 0 bridgehead atoms. The number of aromatic nitrogens is 3. The molecule has 47 heavy (non-hydrogen) atoms. The van der Waals surface area contributed by atoms with E-state index in [1.165, 1.54) is 27.1 Å². The summed E-state index contributed by atoms with van der Waals surface area (Å²) >= 11 is 0. The highest BCUT2D eigenvalue weighted by Crippen LogP contribution is 2.41. The van der Waals surface area contributed by atoms with Gasteiger partial charge in [-0.15, -0.1) is 0 Å². The SMILES string of the molecule is c1cncc(-c2cc(-c3cccnc3)cc(-c3cc(-c4nc5ccccc5o4)cc(-c4c5ccccc5cc5ccccc45)c3)c2)c1. The molecule has 9 rings (SSSR count). The Hall–Kier alpha value is -6.39. The van der Waals surface area contributed by atoms with E-state index in [0.29, 0.717) is 5.89 Å². The molecule has 0 radical (unpaired) electrons. The number of para-hydroxylation sites is 2. The van der Waals surface area contributed by atoms with E-state index in [-0.39, 0.29) is 0 Å². The van der Waals surface area contributed by atoms with Crippen LogP contribution in [-0.2, 0) is 0 Å². The Morgan fingerprint density at radius 1 is 0.404 bits per heavy atom. The third-order valence-electron chi connectivity index (χ3n) is 8.79. The van der Waals surface area contributed by atoms with Crippen LogP contribution in [0, 0.1) is 0 Å². The van der Waals surface area contributed by atoms with Gasteiger partial charge in [0.15, 0.2) is 5.58 Å². The summed E-state index contributed by atoms with van der Waals surface area (Å²) in [6.07, 6.45) is 7.43. The minimum Gasteiger partial charge on any atom is -0.436 e. The number of fused-ring (bicyclic) bond motifs is 3. The zero-order chi connectivity index (χ0) is 31.2. The monoisotopic (exact) mass is 601 g/mol. The van der Waals surface area contributed by atoms with E-state index in [1.807, 2.05) is 48.8 Å². The van der Waals surface area contributed by atoms with E-state index in [0.717, 1.165) is 55.6 Å². The van der Waals surface area contributed by atoms with Crippen molar-refractivity contribution in [3.05, 3.63) is 164 Å². The highest BCUT2D eigenvalue weighted by Gasteiger charge is 2.17. The van der Waals surface area contributed by atoms with E-state index in [4.69, 9.17) is 9.40 Å². The van der Waals surface area contributed by atoms with Crippen LogP contribution in [-0.4, -0.2) is 15.0 Å². The average molecular weight is 602 g/mol.